The monoisotopic (exact) mass is 364 g/mol. The number of likely N-dealkylation sites (tertiary alicyclic amines) is 1. The zero-order chi connectivity index (χ0) is 18.8. The number of hydrogen-bond donors (Lipinski definition) is 0. The predicted octanol–water partition coefficient (Wildman–Crippen LogP) is 2.21. The van der Waals surface area contributed by atoms with Gasteiger partial charge in [-0.2, -0.15) is 5.10 Å². The van der Waals surface area contributed by atoms with Gasteiger partial charge in [0.05, 0.1) is 6.20 Å². The second kappa shape index (κ2) is 7.44. The Balaban J connectivity index is 1.50. The van der Waals surface area contributed by atoms with E-state index in [4.69, 9.17) is 0 Å². The molecule has 1 amide bonds. The summed E-state index contributed by atoms with van der Waals surface area (Å²) in [7, 11) is 3.49. The second-order valence-electron chi connectivity index (χ2n) is 7.27. The first-order valence-corrected chi connectivity index (χ1v) is 9.29. The first-order chi connectivity index (χ1) is 13.1. The van der Waals surface area contributed by atoms with Gasteiger partial charge in [0.15, 0.2) is 5.65 Å². The molecule has 3 aromatic heterocycles. The van der Waals surface area contributed by atoms with Crippen molar-refractivity contribution in [3.63, 3.8) is 0 Å². The van der Waals surface area contributed by atoms with Crippen LogP contribution < -0.4 is 0 Å². The topological polar surface area (TPSA) is 66.6 Å². The molecule has 4 rings (SSSR count). The Kier molecular flexibility index (Phi) is 4.85. The SMILES string of the molecule is CN(C)C(=O)c1cnn2c(C3CCN(Cc4cccnc4)CC3)ccnc12. The number of hydrogen-bond acceptors (Lipinski definition) is 5. The van der Waals surface area contributed by atoms with E-state index < -0.39 is 0 Å². The van der Waals surface area contributed by atoms with Crippen LogP contribution in [0.3, 0.4) is 0 Å². The Morgan fingerprint density at radius 1 is 1.19 bits per heavy atom. The van der Waals surface area contributed by atoms with Gasteiger partial charge in [-0.1, -0.05) is 6.07 Å². The Morgan fingerprint density at radius 2 is 2.00 bits per heavy atom. The smallest absolute Gasteiger partial charge is 0.258 e. The molecule has 1 saturated heterocycles. The Labute approximate surface area is 158 Å². The van der Waals surface area contributed by atoms with Crippen LogP contribution in [0.15, 0.2) is 43.0 Å². The number of amides is 1. The van der Waals surface area contributed by atoms with E-state index in [1.807, 2.05) is 29.0 Å². The molecule has 1 aliphatic rings. The van der Waals surface area contributed by atoms with E-state index in [0.717, 1.165) is 38.2 Å². The molecule has 0 unspecified atom stereocenters. The molecule has 0 radical (unpaired) electrons. The molecule has 0 aliphatic carbocycles. The lowest BCUT2D eigenvalue weighted by molar-refractivity contribution is 0.0829. The normalized spacial score (nSPS) is 15.9. The average molecular weight is 364 g/mol. The first-order valence-electron chi connectivity index (χ1n) is 9.29. The summed E-state index contributed by atoms with van der Waals surface area (Å²) < 4.78 is 1.85. The lowest BCUT2D eigenvalue weighted by Gasteiger charge is -2.32. The van der Waals surface area contributed by atoms with Gasteiger partial charge in [0.25, 0.3) is 5.91 Å². The molecule has 1 aliphatic heterocycles. The highest BCUT2D eigenvalue weighted by Crippen LogP contribution is 2.29. The summed E-state index contributed by atoms with van der Waals surface area (Å²) in [5.74, 6) is 0.351. The summed E-state index contributed by atoms with van der Waals surface area (Å²) >= 11 is 0. The average Bonchev–Trinajstić information content (AvgIpc) is 3.13. The minimum Gasteiger partial charge on any atom is -0.345 e. The van der Waals surface area contributed by atoms with E-state index in [0.29, 0.717) is 17.1 Å². The van der Waals surface area contributed by atoms with Gasteiger partial charge in [-0.25, -0.2) is 9.50 Å². The quantitative estimate of drug-likeness (QED) is 0.710. The lowest BCUT2D eigenvalue weighted by atomic mass is 9.93. The summed E-state index contributed by atoms with van der Waals surface area (Å²) in [6.07, 6.45) is 9.30. The second-order valence-corrected chi connectivity index (χ2v) is 7.27. The van der Waals surface area contributed by atoms with Gasteiger partial charge in [-0.05, 0) is 43.6 Å². The molecule has 0 bridgehead atoms. The van der Waals surface area contributed by atoms with Gasteiger partial charge in [-0.3, -0.25) is 14.7 Å². The molecular formula is C20H24N6O. The minimum absolute atomic E-state index is 0.0686. The summed E-state index contributed by atoms with van der Waals surface area (Å²) in [5, 5.41) is 4.47. The van der Waals surface area contributed by atoms with Crippen LogP contribution in [0, 0.1) is 0 Å². The standard InChI is InChI=1S/C20H24N6O/c1-24(2)20(27)17-13-23-26-18(5-9-22-19(17)26)16-6-10-25(11-7-16)14-15-4-3-8-21-12-15/h3-5,8-9,12-13,16H,6-7,10-11,14H2,1-2H3. The third-order valence-electron chi connectivity index (χ3n) is 5.20. The molecule has 7 heteroatoms. The third kappa shape index (κ3) is 3.55. The Morgan fingerprint density at radius 3 is 2.70 bits per heavy atom. The van der Waals surface area contributed by atoms with Gasteiger partial charge in [0.2, 0.25) is 0 Å². The summed E-state index contributed by atoms with van der Waals surface area (Å²) in [4.78, 5) is 25.0. The fourth-order valence-electron chi connectivity index (χ4n) is 3.75. The number of carbonyl (C=O) groups is 1. The zero-order valence-electron chi connectivity index (χ0n) is 15.7. The fourth-order valence-corrected chi connectivity index (χ4v) is 3.75. The van der Waals surface area contributed by atoms with Crippen molar-refractivity contribution < 1.29 is 4.79 Å². The van der Waals surface area contributed by atoms with Crippen LogP contribution in [0.25, 0.3) is 5.65 Å². The van der Waals surface area contributed by atoms with Crippen molar-refractivity contribution in [3.8, 4) is 0 Å². The van der Waals surface area contributed by atoms with Crippen molar-refractivity contribution in [1.29, 1.82) is 0 Å². The molecular weight excluding hydrogens is 340 g/mol. The number of nitrogens with zero attached hydrogens (tertiary/aromatic N) is 6. The maximum atomic E-state index is 12.3. The number of aromatic nitrogens is 4. The van der Waals surface area contributed by atoms with E-state index in [1.165, 1.54) is 5.56 Å². The van der Waals surface area contributed by atoms with Crippen molar-refractivity contribution in [2.45, 2.75) is 25.3 Å². The van der Waals surface area contributed by atoms with Gasteiger partial charge in [0, 0.05) is 50.8 Å². The Bertz CT molecular complexity index is 928. The van der Waals surface area contributed by atoms with Crippen molar-refractivity contribution in [1.82, 2.24) is 29.4 Å². The van der Waals surface area contributed by atoms with E-state index in [1.54, 1.807) is 31.4 Å². The van der Waals surface area contributed by atoms with Crippen molar-refractivity contribution in [2.75, 3.05) is 27.2 Å². The van der Waals surface area contributed by atoms with Gasteiger partial charge in [0.1, 0.15) is 5.56 Å². The number of rotatable bonds is 4. The highest BCUT2D eigenvalue weighted by atomic mass is 16.2. The maximum absolute atomic E-state index is 12.3. The Hall–Kier alpha value is -2.80. The molecule has 1 fully saturated rings. The molecule has 27 heavy (non-hydrogen) atoms. The van der Waals surface area contributed by atoms with Gasteiger partial charge < -0.3 is 4.90 Å². The van der Waals surface area contributed by atoms with E-state index >= 15 is 0 Å². The van der Waals surface area contributed by atoms with Crippen LogP contribution in [0.5, 0.6) is 0 Å². The van der Waals surface area contributed by atoms with Crippen LogP contribution in [0.4, 0.5) is 0 Å². The van der Waals surface area contributed by atoms with E-state index in [-0.39, 0.29) is 5.91 Å². The maximum Gasteiger partial charge on any atom is 0.258 e. The largest absolute Gasteiger partial charge is 0.345 e. The van der Waals surface area contributed by atoms with Crippen molar-refractivity contribution in [3.05, 3.63) is 59.8 Å². The molecule has 7 nitrogen and oxygen atoms in total. The molecule has 3 aromatic rings. The number of pyridine rings is 1. The van der Waals surface area contributed by atoms with Crippen LogP contribution >= 0.6 is 0 Å². The third-order valence-corrected chi connectivity index (χ3v) is 5.20. The highest BCUT2D eigenvalue weighted by molar-refractivity contribution is 5.99. The fraction of sp³-hybridized carbons (Fsp3) is 0.400. The number of piperidine rings is 1. The van der Waals surface area contributed by atoms with Crippen LogP contribution in [0.2, 0.25) is 0 Å². The minimum atomic E-state index is -0.0686. The molecule has 0 saturated carbocycles. The van der Waals surface area contributed by atoms with Crippen LogP contribution in [-0.4, -0.2) is 62.5 Å². The predicted molar refractivity (Wildman–Crippen MR) is 102 cm³/mol. The highest BCUT2D eigenvalue weighted by Gasteiger charge is 2.24. The molecule has 0 spiro atoms. The first kappa shape index (κ1) is 17.6. The zero-order valence-corrected chi connectivity index (χ0v) is 15.7. The van der Waals surface area contributed by atoms with Gasteiger partial charge >= 0.3 is 0 Å². The molecule has 0 aromatic carbocycles. The number of carbonyl (C=O) groups excluding carboxylic acids is 1. The number of fused-ring (bicyclic) bond motifs is 1. The molecule has 0 N–H and O–H groups in total. The van der Waals surface area contributed by atoms with Crippen LogP contribution in [0.1, 0.15) is 40.4 Å². The molecule has 0 atom stereocenters. The van der Waals surface area contributed by atoms with Gasteiger partial charge in [-0.15, -0.1) is 0 Å². The summed E-state index contributed by atoms with van der Waals surface area (Å²) in [6, 6.07) is 6.14. The van der Waals surface area contributed by atoms with Crippen molar-refractivity contribution >= 4 is 11.6 Å². The van der Waals surface area contributed by atoms with Crippen molar-refractivity contribution in [2.24, 2.45) is 0 Å². The lowest BCUT2D eigenvalue weighted by Crippen LogP contribution is -2.33. The van der Waals surface area contributed by atoms with Crippen LogP contribution in [-0.2, 0) is 6.54 Å². The van der Waals surface area contributed by atoms with E-state index in [2.05, 4.69) is 26.0 Å². The summed E-state index contributed by atoms with van der Waals surface area (Å²) in [6.45, 7) is 3.01. The molecule has 140 valence electrons. The molecule has 4 heterocycles. The summed E-state index contributed by atoms with van der Waals surface area (Å²) in [5.41, 5.74) is 3.58. The van der Waals surface area contributed by atoms with E-state index in [9.17, 15) is 4.79 Å².